The molecule has 0 heterocycles. The fourth-order valence-corrected chi connectivity index (χ4v) is 3.89. The number of sulfonamides is 1. The Labute approximate surface area is 131 Å². The number of hydrogen-bond donors (Lipinski definition) is 0. The van der Waals surface area contributed by atoms with Crippen molar-refractivity contribution in [1.29, 1.82) is 0 Å². The quantitative estimate of drug-likeness (QED) is 0.830. The van der Waals surface area contributed by atoms with E-state index in [4.69, 9.17) is 11.6 Å². The van der Waals surface area contributed by atoms with Crippen LogP contribution in [0.25, 0.3) is 0 Å². The first-order valence-corrected chi connectivity index (χ1v) is 8.68. The number of benzene rings is 2. The zero-order chi connectivity index (χ0) is 15.5. The number of nitrogens with zero attached hydrogens (tertiary/aromatic N) is 1. The Morgan fingerprint density at radius 2 is 1.62 bits per heavy atom. The van der Waals surface area contributed by atoms with Crippen molar-refractivity contribution in [2.24, 2.45) is 0 Å². The van der Waals surface area contributed by atoms with Gasteiger partial charge in [-0.25, -0.2) is 8.42 Å². The second-order valence-electron chi connectivity index (χ2n) is 4.61. The Hall–Kier alpha value is -1.52. The molecule has 0 radical (unpaired) electrons. The Balaban J connectivity index is 2.52. The Morgan fingerprint density at radius 3 is 2.19 bits per heavy atom. The summed E-state index contributed by atoms with van der Waals surface area (Å²) in [6, 6.07) is 13.8. The average Bonchev–Trinajstić information content (AvgIpc) is 2.48. The summed E-state index contributed by atoms with van der Waals surface area (Å²) in [5.41, 5.74) is 1.74. The van der Waals surface area contributed by atoms with Crippen LogP contribution in [-0.4, -0.2) is 15.0 Å². The molecule has 2 aromatic rings. The first-order chi connectivity index (χ1) is 10.0. The van der Waals surface area contributed by atoms with Gasteiger partial charge < -0.3 is 0 Å². The maximum atomic E-state index is 12.8. The van der Waals surface area contributed by atoms with E-state index in [-0.39, 0.29) is 4.90 Å². The third-order valence-electron chi connectivity index (χ3n) is 3.33. The molecule has 5 heteroatoms. The van der Waals surface area contributed by atoms with Crippen molar-refractivity contribution in [3.8, 4) is 0 Å². The van der Waals surface area contributed by atoms with Crippen molar-refractivity contribution < 1.29 is 8.42 Å². The van der Waals surface area contributed by atoms with Gasteiger partial charge in [0.2, 0.25) is 0 Å². The second-order valence-corrected chi connectivity index (χ2v) is 6.90. The number of hydrogen-bond acceptors (Lipinski definition) is 2. The van der Waals surface area contributed by atoms with Crippen LogP contribution in [0, 0.1) is 0 Å². The number of para-hydroxylation sites is 1. The third-order valence-corrected chi connectivity index (χ3v) is 5.49. The second kappa shape index (κ2) is 6.50. The molecular formula is C16H18ClNO2S. The molecule has 112 valence electrons. The average molecular weight is 324 g/mol. The minimum atomic E-state index is -3.58. The van der Waals surface area contributed by atoms with E-state index < -0.39 is 10.0 Å². The topological polar surface area (TPSA) is 37.4 Å². The fraction of sp³-hybridized carbons (Fsp3) is 0.250. The van der Waals surface area contributed by atoms with E-state index in [9.17, 15) is 8.42 Å². The van der Waals surface area contributed by atoms with Gasteiger partial charge in [0.15, 0.2) is 0 Å². The van der Waals surface area contributed by atoms with Gasteiger partial charge in [0.1, 0.15) is 0 Å². The predicted molar refractivity (Wildman–Crippen MR) is 87.5 cm³/mol. The van der Waals surface area contributed by atoms with E-state index in [1.807, 2.05) is 38.1 Å². The van der Waals surface area contributed by atoms with E-state index in [1.165, 1.54) is 16.4 Å². The maximum absolute atomic E-state index is 12.8. The first-order valence-electron chi connectivity index (χ1n) is 6.87. The summed E-state index contributed by atoms with van der Waals surface area (Å²) in [5.74, 6) is 0. The van der Waals surface area contributed by atoms with Crippen molar-refractivity contribution in [1.82, 2.24) is 0 Å². The molecule has 0 spiro atoms. The molecule has 0 bridgehead atoms. The summed E-state index contributed by atoms with van der Waals surface area (Å²) >= 11 is 5.83. The zero-order valence-corrected chi connectivity index (χ0v) is 13.7. The van der Waals surface area contributed by atoms with Crippen LogP contribution in [-0.2, 0) is 16.4 Å². The number of halogens is 1. The lowest BCUT2D eigenvalue weighted by Gasteiger charge is -2.25. The SMILES string of the molecule is CCc1ccccc1N(CC)S(=O)(=O)c1ccc(Cl)cc1. The highest BCUT2D eigenvalue weighted by molar-refractivity contribution is 7.92. The van der Waals surface area contributed by atoms with Gasteiger partial charge in [-0.1, -0.05) is 36.7 Å². The van der Waals surface area contributed by atoms with Crippen LogP contribution >= 0.6 is 11.6 Å². The predicted octanol–water partition coefficient (Wildman–Crippen LogP) is 4.12. The molecule has 0 aromatic heterocycles. The van der Waals surface area contributed by atoms with Crippen LogP contribution < -0.4 is 4.31 Å². The summed E-state index contributed by atoms with van der Waals surface area (Å²) in [6.45, 7) is 4.23. The highest BCUT2D eigenvalue weighted by atomic mass is 35.5. The largest absolute Gasteiger partial charge is 0.266 e. The Kier molecular flexibility index (Phi) is 4.91. The molecule has 0 atom stereocenters. The first kappa shape index (κ1) is 15.9. The minimum Gasteiger partial charge on any atom is -0.266 e. The molecule has 0 aliphatic heterocycles. The molecular weight excluding hydrogens is 306 g/mol. The van der Waals surface area contributed by atoms with E-state index in [2.05, 4.69) is 0 Å². The van der Waals surface area contributed by atoms with Gasteiger partial charge in [-0.05, 0) is 49.2 Å². The number of rotatable bonds is 5. The zero-order valence-electron chi connectivity index (χ0n) is 12.1. The molecule has 2 rings (SSSR count). The lowest BCUT2D eigenvalue weighted by molar-refractivity contribution is 0.591. The summed E-state index contributed by atoms with van der Waals surface area (Å²) in [6.07, 6.45) is 0.781. The maximum Gasteiger partial charge on any atom is 0.264 e. The van der Waals surface area contributed by atoms with Crippen LogP contribution in [0.3, 0.4) is 0 Å². The van der Waals surface area contributed by atoms with Crippen LogP contribution in [0.15, 0.2) is 53.4 Å². The molecule has 3 nitrogen and oxygen atoms in total. The summed E-state index contributed by atoms with van der Waals surface area (Å²) in [7, 11) is -3.58. The van der Waals surface area contributed by atoms with Gasteiger partial charge in [0.05, 0.1) is 10.6 Å². The Morgan fingerprint density at radius 1 is 1.00 bits per heavy atom. The molecule has 0 aliphatic rings. The summed E-state index contributed by atoms with van der Waals surface area (Å²) < 4.78 is 27.1. The van der Waals surface area contributed by atoms with E-state index >= 15 is 0 Å². The smallest absolute Gasteiger partial charge is 0.264 e. The standard InChI is InChI=1S/C16H18ClNO2S/c1-3-13-7-5-6-8-16(13)18(4-2)21(19,20)15-11-9-14(17)10-12-15/h5-12H,3-4H2,1-2H3. The molecule has 0 N–H and O–H groups in total. The molecule has 0 fully saturated rings. The van der Waals surface area contributed by atoms with Crippen molar-refractivity contribution in [3.63, 3.8) is 0 Å². The lowest BCUT2D eigenvalue weighted by Crippen LogP contribution is -2.31. The van der Waals surface area contributed by atoms with Gasteiger partial charge in [-0.2, -0.15) is 0 Å². The van der Waals surface area contributed by atoms with E-state index in [0.29, 0.717) is 11.6 Å². The Bertz CT molecular complexity index is 711. The van der Waals surface area contributed by atoms with Crippen LogP contribution in [0.1, 0.15) is 19.4 Å². The van der Waals surface area contributed by atoms with Crippen LogP contribution in [0.5, 0.6) is 0 Å². The normalized spacial score (nSPS) is 11.4. The highest BCUT2D eigenvalue weighted by Crippen LogP contribution is 2.27. The number of aryl methyl sites for hydroxylation is 1. The summed E-state index contributed by atoms with van der Waals surface area (Å²) in [5, 5.41) is 0.519. The molecule has 2 aromatic carbocycles. The molecule has 21 heavy (non-hydrogen) atoms. The van der Waals surface area contributed by atoms with Gasteiger partial charge in [-0.15, -0.1) is 0 Å². The van der Waals surface area contributed by atoms with Gasteiger partial charge in [0, 0.05) is 11.6 Å². The van der Waals surface area contributed by atoms with Crippen LogP contribution in [0.4, 0.5) is 5.69 Å². The minimum absolute atomic E-state index is 0.250. The molecule has 0 unspecified atom stereocenters. The van der Waals surface area contributed by atoms with Gasteiger partial charge >= 0.3 is 0 Å². The van der Waals surface area contributed by atoms with Crippen molar-refractivity contribution in [3.05, 3.63) is 59.1 Å². The lowest BCUT2D eigenvalue weighted by atomic mass is 10.1. The molecule has 0 amide bonds. The van der Waals surface area contributed by atoms with E-state index in [1.54, 1.807) is 12.1 Å². The van der Waals surface area contributed by atoms with Crippen molar-refractivity contribution >= 4 is 27.3 Å². The van der Waals surface area contributed by atoms with Crippen molar-refractivity contribution in [2.45, 2.75) is 25.2 Å². The number of anilines is 1. The third kappa shape index (κ3) is 3.22. The molecule has 0 aliphatic carbocycles. The monoisotopic (exact) mass is 323 g/mol. The summed E-state index contributed by atoms with van der Waals surface area (Å²) in [4.78, 5) is 0.250. The molecule has 0 saturated heterocycles. The fourth-order valence-electron chi connectivity index (χ4n) is 2.26. The van der Waals surface area contributed by atoms with Gasteiger partial charge in [0.25, 0.3) is 10.0 Å². The molecule has 0 saturated carbocycles. The van der Waals surface area contributed by atoms with Gasteiger partial charge in [-0.3, -0.25) is 4.31 Å². The van der Waals surface area contributed by atoms with Crippen molar-refractivity contribution in [2.75, 3.05) is 10.8 Å². The van der Waals surface area contributed by atoms with Crippen LogP contribution in [0.2, 0.25) is 5.02 Å². The van der Waals surface area contributed by atoms with E-state index in [0.717, 1.165) is 17.7 Å². The highest BCUT2D eigenvalue weighted by Gasteiger charge is 2.24.